The lowest BCUT2D eigenvalue weighted by Crippen LogP contribution is -2.32. The molecular formula is C14H10N4O2S. The van der Waals surface area contributed by atoms with E-state index >= 15 is 0 Å². The summed E-state index contributed by atoms with van der Waals surface area (Å²) in [5.74, 6) is 0.172. The van der Waals surface area contributed by atoms with Crippen molar-refractivity contribution < 1.29 is 9.53 Å². The first kappa shape index (κ1) is 12.1. The molecule has 0 spiro atoms. The molecule has 1 amide bonds. The van der Waals surface area contributed by atoms with Crippen LogP contribution in [0, 0.1) is 0 Å². The van der Waals surface area contributed by atoms with Gasteiger partial charge in [-0.1, -0.05) is 41.7 Å². The second kappa shape index (κ2) is 4.71. The molecule has 3 aromatic rings. The Morgan fingerprint density at radius 1 is 1.29 bits per heavy atom. The molecule has 6 nitrogen and oxygen atoms in total. The molecule has 0 saturated carbocycles. The summed E-state index contributed by atoms with van der Waals surface area (Å²) in [4.78, 5) is 17.2. The SMILES string of the molecule is O=C1COC(c2sc3nccn3c2-c2ccccc2)=NN1. The van der Waals surface area contributed by atoms with Crippen LogP contribution in [0.15, 0.2) is 47.8 Å². The highest BCUT2D eigenvalue weighted by Gasteiger charge is 2.23. The van der Waals surface area contributed by atoms with Crippen molar-refractivity contribution in [2.75, 3.05) is 6.61 Å². The van der Waals surface area contributed by atoms with Crippen molar-refractivity contribution in [3.63, 3.8) is 0 Å². The fraction of sp³-hybridized carbons (Fsp3) is 0.0714. The third kappa shape index (κ3) is 1.98. The number of carbonyl (C=O) groups excluding carboxylic acids is 1. The van der Waals surface area contributed by atoms with Gasteiger partial charge in [0.25, 0.3) is 11.8 Å². The van der Waals surface area contributed by atoms with E-state index in [-0.39, 0.29) is 12.5 Å². The van der Waals surface area contributed by atoms with Crippen molar-refractivity contribution in [1.29, 1.82) is 0 Å². The summed E-state index contributed by atoms with van der Waals surface area (Å²) in [7, 11) is 0. The highest BCUT2D eigenvalue weighted by atomic mass is 32.1. The van der Waals surface area contributed by atoms with Gasteiger partial charge in [-0.3, -0.25) is 9.20 Å². The Hall–Kier alpha value is -2.67. The predicted molar refractivity (Wildman–Crippen MR) is 79.1 cm³/mol. The highest BCUT2D eigenvalue weighted by molar-refractivity contribution is 7.19. The number of benzene rings is 1. The maximum atomic E-state index is 11.2. The van der Waals surface area contributed by atoms with E-state index in [4.69, 9.17) is 4.74 Å². The number of nitrogens with zero attached hydrogens (tertiary/aromatic N) is 3. The van der Waals surface area contributed by atoms with Gasteiger partial charge in [0.05, 0.1) is 5.69 Å². The van der Waals surface area contributed by atoms with E-state index in [1.54, 1.807) is 6.20 Å². The highest BCUT2D eigenvalue weighted by Crippen LogP contribution is 2.32. The number of imidazole rings is 1. The standard InChI is InChI=1S/C14H10N4O2S/c19-10-8-20-13(17-16-10)12-11(9-4-2-1-3-5-9)18-7-6-15-14(18)21-12/h1-7H,8H2,(H,16,19). The zero-order valence-corrected chi connectivity index (χ0v) is 11.6. The second-order valence-electron chi connectivity index (χ2n) is 4.47. The molecule has 0 unspecified atom stereocenters. The quantitative estimate of drug-likeness (QED) is 0.785. The van der Waals surface area contributed by atoms with Crippen LogP contribution in [-0.4, -0.2) is 27.8 Å². The Labute approximate surface area is 123 Å². The minimum Gasteiger partial charge on any atom is -0.465 e. The van der Waals surface area contributed by atoms with Crippen LogP contribution in [0.1, 0.15) is 4.88 Å². The van der Waals surface area contributed by atoms with Gasteiger partial charge in [-0.15, -0.1) is 5.10 Å². The fourth-order valence-electron chi connectivity index (χ4n) is 2.22. The Bertz CT molecular complexity index is 850. The molecule has 1 aromatic carbocycles. The third-order valence-corrected chi connectivity index (χ3v) is 4.18. The van der Waals surface area contributed by atoms with Gasteiger partial charge in [0.1, 0.15) is 4.88 Å². The number of hydrazone groups is 1. The number of amides is 1. The molecule has 7 heteroatoms. The van der Waals surface area contributed by atoms with Crippen LogP contribution >= 0.6 is 11.3 Å². The largest absolute Gasteiger partial charge is 0.465 e. The third-order valence-electron chi connectivity index (χ3n) is 3.12. The molecule has 0 atom stereocenters. The first-order chi connectivity index (χ1) is 10.3. The summed E-state index contributed by atoms with van der Waals surface area (Å²) in [5.41, 5.74) is 4.45. The van der Waals surface area contributed by atoms with Crippen molar-refractivity contribution in [3.05, 3.63) is 47.6 Å². The first-order valence-electron chi connectivity index (χ1n) is 6.34. The first-order valence-corrected chi connectivity index (χ1v) is 7.15. The molecule has 104 valence electrons. The van der Waals surface area contributed by atoms with E-state index in [0.717, 1.165) is 21.1 Å². The van der Waals surface area contributed by atoms with Crippen LogP contribution < -0.4 is 5.43 Å². The van der Waals surface area contributed by atoms with E-state index < -0.39 is 0 Å². The zero-order chi connectivity index (χ0) is 14.2. The van der Waals surface area contributed by atoms with E-state index in [1.165, 1.54) is 11.3 Å². The normalized spacial score (nSPS) is 14.7. The number of rotatable bonds is 2. The molecule has 1 aliphatic heterocycles. The fourth-order valence-corrected chi connectivity index (χ4v) is 3.27. The van der Waals surface area contributed by atoms with Gasteiger partial charge in [-0.2, -0.15) is 0 Å². The number of ether oxygens (including phenoxy) is 1. The van der Waals surface area contributed by atoms with Crippen LogP contribution in [0.4, 0.5) is 0 Å². The number of thiazole rings is 1. The Morgan fingerprint density at radius 2 is 2.14 bits per heavy atom. The molecule has 0 bridgehead atoms. The molecule has 0 aliphatic carbocycles. The molecule has 21 heavy (non-hydrogen) atoms. The van der Waals surface area contributed by atoms with Crippen molar-refractivity contribution in [2.24, 2.45) is 5.10 Å². The van der Waals surface area contributed by atoms with Gasteiger partial charge in [0, 0.05) is 18.0 Å². The van der Waals surface area contributed by atoms with Crippen LogP contribution in [0.2, 0.25) is 0 Å². The Morgan fingerprint density at radius 3 is 2.90 bits per heavy atom. The Balaban J connectivity index is 1.93. The maximum Gasteiger partial charge on any atom is 0.278 e. The van der Waals surface area contributed by atoms with Gasteiger partial charge in [-0.05, 0) is 0 Å². The molecule has 3 heterocycles. The van der Waals surface area contributed by atoms with Gasteiger partial charge in [0.2, 0.25) is 0 Å². The molecule has 4 rings (SSSR count). The molecule has 0 radical (unpaired) electrons. The molecule has 2 aromatic heterocycles. The maximum absolute atomic E-state index is 11.2. The van der Waals surface area contributed by atoms with Crippen molar-refractivity contribution in [3.8, 4) is 11.3 Å². The average Bonchev–Trinajstić information content (AvgIpc) is 3.09. The van der Waals surface area contributed by atoms with Crippen LogP contribution in [-0.2, 0) is 9.53 Å². The molecular weight excluding hydrogens is 288 g/mol. The van der Waals surface area contributed by atoms with Gasteiger partial charge >= 0.3 is 0 Å². The van der Waals surface area contributed by atoms with Crippen LogP contribution in [0.3, 0.4) is 0 Å². The van der Waals surface area contributed by atoms with E-state index in [0.29, 0.717) is 5.90 Å². The van der Waals surface area contributed by atoms with E-state index in [2.05, 4.69) is 15.5 Å². The van der Waals surface area contributed by atoms with Crippen LogP contribution in [0.5, 0.6) is 0 Å². The lowest BCUT2D eigenvalue weighted by atomic mass is 10.1. The minimum absolute atomic E-state index is 0.0206. The van der Waals surface area contributed by atoms with Gasteiger partial charge < -0.3 is 4.74 Å². The molecule has 0 fully saturated rings. The molecule has 0 saturated heterocycles. The van der Waals surface area contributed by atoms with E-state index in [9.17, 15) is 4.79 Å². The monoisotopic (exact) mass is 298 g/mol. The van der Waals surface area contributed by atoms with Crippen molar-refractivity contribution >= 4 is 28.1 Å². The number of hydrogen-bond acceptors (Lipinski definition) is 5. The summed E-state index contributed by atoms with van der Waals surface area (Å²) in [5, 5.41) is 4.01. The van der Waals surface area contributed by atoms with Crippen LogP contribution in [0.25, 0.3) is 16.2 Å². The van der Waals surface area contributed by atoms with Crippen molar-refractivity contribution in [1.82, 2.24) is 14.8 Å². The summed E-state index contributed by atoms with van der Waals surface area (Å²) < 4.78 is 7.44. The number of aromatic nitrogens is 2. The number of nitrogens with one attached hydrogen (secondary N) is 1. The molecule has 1 N–H and O–H groups in total. The lowest BCUT2D eigenvalue weighted by Gasteiger charge is -2.13. The summed E-state index contributed by atoms with van der Waals surface area (Å²) in [6, 6.07) is 9.96. The summed E-state index contributed by atoms with van der Waals surface area (Å²) >= 11 is 1.48. The number of carbonyl (C=O) groups is 1. The summed E-state index contributed by atoms with van der Waals surface area (Å²) in [6.45, 7) is -0.0206. The number of fused-ring (bicyclic) bond motifs is 1. The Kier molecular flexibility index (Phi) is 2.71. The van der Waals surface area contributed by atoms with E-state index in [1.807, 2.05) is 40.9 Å². The van der Waals surface area contributed by atoms with Gasteiger partial charge in [-0.25, -0.2) is 10.4 Å². The smallest absolute Gasteiger partial charge is 0.278 e. The average molecular weight is 298 g/mol. The second-order valence-corrected chi connectivity index (χ2v) is 5.44. The predicted octanol–water partition coefficient (Wildman–Crippen LogP) is 1.87. The zero-order valence-electron chi connectivity index (χ0n) is 10.8. The minimum atomic E-state index is -0.249. The molecule has 1 aliphatic rings. The number of hydrogen-bond donors (Lipinski definition) is 1. The summed E-state index contributed by atoms with van der Waals surface area (Å²) in [6.07, 6.45) is 3.66. The van der Waals surface area contributed by atoms with Gasteiger partial charge in [0.15, 0.2) is 11.6 Å². The van der Waals surface area contributed by atoms with Crippen molar-refractivity contribution in [2.45, 2.75) is 0 Å². The lowest BCUT2D eigenvalue weighted by molar-refractivity contribution is -0.124. The topological polar surface area (TPSA) is 68.0 Å².